The van der Waals surface area contributed by atoms with Crippen molar-refractivity contribution in [3.05, 3.63) is 12.3 Å². The summed E-state index contributed by atoms with van der Waals surface area (Å²) < 4.78 is 7.33. The van der Waals surface area contributed by atoms with Crippen LogP contribution in [0.2, 0.25) is 0 Å². The van der Waals surface area contributed by atoms with Crippen LogP contribution in [-0.2, 0) is 6.54 Å². The van der Waals surface area contributed by atoms with E-state index in [9.17, 15) is 0 Å². The molecule has 0 radical (unpaired) electrons. The predicted octanol–water partition coefficient (Wildman–Crippen LogP) is 2.37. The molecule has 7 nitrogen and oxygen atoms in total. The second-order valence-corrected chi connectivity index (χ2v) is 4.56. The number of aromatic nitrogens is 5. The number of nitrogens with zero attached hydrogens (tertiary/aromatic N) is 5. The molecular weight excluding hydrogens is 268 g/mol. The van der Waals surface area contributed by atoms with Crippen molar-refractivity contribution >= 4 is 5.95 Å². The molecule has 114 valence electrons. The van der Waals surface area contributed by atoms with Gasteiger partial charge in [-0.2, -0.15) is 20.1 Å². The van der Waals surface area contributed by atoms with E-state index < -0.39 is 0 Å². The molecule has 0 saturated carbocycles. The number of aryl methyl sites for hydroxylation is 1. The number of rotatable bonds is 8. The van der Waals surface area contributed by atoms with Gasteiger partial charge < -0.3 is 10.1 Å². The van der Waals surface area contributed by atoms with E-state index in [1.165, 1.54) is 0 Å². The van der Waals surface area contributed by atoms with Crippen LogP contribution in [0.25, 0.3) is 11.5 Å². The van der Waals surface area contributed by atoms with E-state index in [1.807, 2.05) is 17.7 Å². The van der Waals surface area contributed by atoms with Crippen LogP contribution in [0, 0.1) is 0 Å². The summed E-state index contributed by atoms with van der Waals surface area (Å²) in [5.41, 5.74) is 0.875. The van der Waals surface area contributed by atoms with Crippen molar-refractivity contribution in [2.45, 2.75) is 40.2 Å². The molecule has 2 heterocycles. The van der Waals surface area contributed by atoms with Crippen LogP contribution in [0.4, 0.5) is 5.95 Å². The van der Waals surface area contributed by atoms with E-state index in [1.54, 1.807) is 6.20 Å². The summed E-state index contributed by atoms with van der Waals surface area (Å²) >= 11 is 0. The van der Waals surface area contributed by atoms with Gasteiger partial charge in [0.15, 0.2) is 5.82 Å². The Morgan fingerprint density at radius 1 is 1.14 bits per heavy atom. The van der Waals surface area contributed by atoms with Crippen LogP contribution in [0.15, 0.2) is 12.3 Å². The predicted molar refractivity (Wildman–Crippen MR) is 81.3 cm³/mol. The van der Waals surface area contributed by atoms with Gasteiger partial charge in [-0.15, -0.1) is 0 Å². The standard InChI is InChI=1S/C14H22N6O/c1-4-8-15-13-17-12(18-14(19-13)21-6-3)11-7-9-16-20(11)10-5-2/h7,9H,4-6,8,10H2,1-3H3,(H,15,17,18,19). The largest absolute Gasteiger partial charge is 0.464 e. The third-order valence-corrected chi connectivity index (χ3v) is 2.80. The van der Waals surface area contributed by atoms with Gasteiger partial charge in [0.2, 0.25) is 5.95 Å². The molecule has 0 aliphatic heterocycles. The van der Waals surface area contributed by atoms with Crippen molar-refractivity contribution in [3.8, 4) is 17.5 Å². The highest BCUT2D eigenvalue weighted by Gasteiger charge is 2.13. The van der Waals surface area contributed by atoms with Crippen LogP contribution in [-0.4, -0.2) is 37.9 Å². The lowest BCUT2D eigenvalue weighted by molar-refractivity contribution is 0.312. The normalized spacial score (nSPS) is 10.6. The highest BCUT2D eigenvalue weighted by molar-refractivity contribution is 5.51. The maximum absolute atomic E-state index is 5.43. The van der Waals surface area contributed by atoms with Gasteiger partial charge in [-0.3, -0.25) is 4.68 Å². The quantitative estimate of drug-likeness (QED) is 0.804. The van der Waals surface area contributed by atoms with E-state index in [-0.39, 0.29) is 0 Å². The van der Waals surface area contributed by atoms with Gasteiger partial charge in [-0.05, 0) is 25.8 Å². The van der Waals surface area contributed by atoms with Gasteiger partial charge in [0.1, 0.15) is 5.69 Å². The average molecular weight is 290 g/mol. The first-order chi connectivity index (χ1) is 10.3. The van der Waals surface area contributed by atoms with E-state index in [2.05, 4.69) is 39.2 Å². The first-order valence-corrected chi connectivity index (χ1v) is 7.43. The molecule has 0 saturated heterocycles. The zero-order valence-corrected chi connectivity index (χ0v) is 12.8. The zero-order valence-electron chi connectivity index (χ0n) is 12.8. The first kappa shape index (κ1) is 15.2. The Morgan fingerprint density at radius 3 is 2.71 bits per heavy atom. The highest BCUT2D eigenvalue weighted by atomic mass is 16.5. The Balaban J connectivity index is 2.36. The van der Waals surface area contributed by atoms with Crippen LogP contribution in [0.5, 0.6) is 6.01 Å². The molecule has 0 amide bonds. The molecule has 0 unspecified atom stereocenters. The summed E-state index contributed by atoms with van der Waals surface area (Å²) in [6.07, 6.45) is 3.76. The number of ether oxygens (including phenoxy) is 1. The summed E-state index contributed by atoms with van der Waals surface area (Å²) in [4.78, 5) is 13.1. The molecule has 7 heteroatoms. The van der Waals surface area contributed by atoms with Crippen molar-refractivity contribution in [3.63, 3.8) is 0 Å². The molecule has 1 N–H and O–H groups in total. The Kier molecular flexibility index (Phi) is 5.48. The summed E-state index contributed by atoms with van der Waals surface area (Å²) in [7, 11) is 0. The molecular formula is C14H22N6O. The maximum atomic E-state index is 5.43. The van der Waals surface area contributed by atoms with E-state index in [4.69, 9.17) is 4.74 Å². The minimum atomic E-state index is 0.338. The van der Waals surface area contributed by atoms with Crippen molar-refractivity contribution in [1.82, 2.24) is 24.7 Å². The fourth-order valence-electron chi connectivity index (χ4n) is 1.89. The lowest BCUT2D eigenvalue weighted by Gasteiger charge is -2.09. The first-order valence-electron chi connectivity index (χ1n) is 7.43. The fourth-order valence-corrected chi connectivity index (χ4v) is 1.89. The highest BCUT2D eigenvalue weighted by Crippen LogP contribution is 2.19. The van der Waals surface area contributed by atoms with Gasteiger partial charge in [0, 0.05) is 19.3 Å². The van der Waals surface area contributed by atoms with Gasteiger partial charge in [0.05, 0.1) is 6.61 Å². The number of hydrogen-bond donors (Lipinski definition) is 1. The van der Waals surface area contributed by atoms with Crippen LogP contribution >= 0.6 is 0 Å². The number of nitrogens with one attached hydrogen (secondary N) is 1. The van der Waals surface area contributed by atoms with E-state index in [0.29, 0.717) is 24.4 Å². The second kappa shape index (κ2) is 7.56. The van der Waals surface area contributed by atoms with Crippen molar-refractivity contribution in [1.29, 1.82) is 0 Å². The molecule has 0 aromatic carbocycles. The number of hydrogen-bond acceptors (Lipinski definition) is 6. The van der Waals surface area contributed by atoms with E-state index in [0.717, 1.165) is 31.6 Å². The Morgan fingerprint density at radius 2 is 2.00 bits per heavy atom. The van der Waals surface area contributed by atoms with Crippen molar-refractivity contribution in [2.75, 3.05) is 18.5 Å². The van der Waals surface area contributed by atoms with Crippen molar-refractivity contribution in [2.24, 2.45) is 0 Å². The molecule has 0 fully saturated rings. The van der Waals surface area contributed by atoms with Crippen LogP contribution in [0.1, 0.15) is 33.6 Å². The third kappa shape index (κ3) is 3.90. The van der Waals surface area contributed by atoms with Gasteiger partial charge in [0.25, 0.3) is 0 Å². The summed E-state index contributed by atoms with van der Waals surface area (Å²) in [6, 6.07) is 2.25. The SMILES string of the molecule is CCCNc1nc(OCC)nc(-c2ccnn2CCC)n1. The van der Waals surface area contributed by atoms with Crippen molar-refractivity contribution < 1.29 is 4.74 Å². The average Bonchev–Trinajstić information content (AvgIpc) is 2.94. The minimum Gasteiger partial charge on any atom is -0.464 e. The molecule has 0 spiro atoms. The van der Waals surface area contributed by atoms with Gasteiger partial charge in [-0.25, -0.2) is 0 Å². The molecule has 2 aromatic rings. The fraction of sp³-hybridized carbons (Fsp3) is 0.571. The topological polar surface area (TPSA) is 77.8 Å². The smallest absolute Gasteiger partial charge is 0.321 e. The molecule has 0 aliphatic rings. The Hall–Kier alpha value is -2.18. The lowest BCUT2D eigenvalue weighted by atomic mass is 10.4. The Labute approximate surface area is 124 Å². The second-order valence-electron chi connectivity index (χ2n) is 4.56. The molecule has 2 aromatic heterocycles. The maximum Gasteiger partial charge on any atom is 0.321 e. The Bertz CT molecular complexity index is 568. The van der Waals surface area contributed by atoms with E-state index >= 15 is 0 Å². The summed E-state index contributed by atoms with van der Waals surface area (Å²) in [5.74, 6) is 1.12. The molecule has 0 bridgehead atoms. The molecule has 0 atom stereocenters. The summed E-state index contributed by atoms with van der Waals surface area (Å²) in [6.45, 7) is 8.27. The third-order valence-electron chi connectivity index (χ3n) is 2.80. The minimum absolute atomic E-state index is 0.338. The monoisotopic (exact) mass is 290 g/mol. The molecule has 21 heavy (non-hydrogen) atoms. The van der Waals surface area contributed by atoms with Gasteiger partial charge in [-0.1, -0.05) is 13.8 Å². The zero-order chi connectivity index (χ0) is 15.1. The molecule has 2 rings (SSSR count). The molecule has 0 aliphatic carbocycles. The van der Waals surface area contributed by atoms with Gasteiger partial charge >= 0.3 is 6.01 Å². The summed E-state index contributed by atoms with van der Waals surface area (Å²) in [5, 5.41) is 7.48. The number of anilines is 1. The van der Waals surface area contributed by atoms with Crippen LogP contribution < -0.4 is 10.1 Å². The van der Waals surface area contributed by atoms with Crippen LogP contribution in [0.3, 0.4) is 0 Å². The lowest BCUT2D eigenvalue weighted by Crippen LogP contribution is -2.10.